The third-order valence-corrected chi connectivity index (χ3v) is 3.82. The maximum absolute atomic E-state index is 6.06. The summed E-state index contributed by atoms with van der Waals surface area (Å²) in [6.45, 7) is 4.07. The monoisotopic (exact) mass is 320 g/mol. The minimum absolute atomic E-state index is 0.135. The molecule has 0 spiro atoms. The molecule has 0 saturated carbocycles. The number of anilines is 1. The molecule has 0 atom stereocenters. The first-order valence-electron chi connectivity index (χ1n) is 7.66. The Morgan fingerprint density at radius 3 is 2.67 bits per heavy atom. The van der Waals surface area contributed by atoms with Crippen LogP contribution in [-0.2, 0) is 0 Å². The molecule has 4 aromatic rings. The van der Waals surface area contributed by atoms with E-state index >= 15 is 0 Å². The minimum atomic E-state index is 0.135. The van der Waals surface area contributed by atoms with Crippen LogP contribution in [0.5, 0.6) is 0 Å². The highest BCUT2D eigenvalue weighted by Gasteiger charge is 2.21. The first-order chi connectivity index (χ1) is 11.6. The smallest absolute Gasteiger partial charge is 0.167 e. The predicted molar refractivity (Wildman–Crippen MR) is 91.1 cm³/mol. The highest BCUT2D eigenvalue weighted by Crippen LogP contribution is 2.32. The molecule has 3 heterocycles. The molecule has 0 aliphatic heterocycles. The van der Waals surface area contributed by atoms with Gasteiger partial charge in [-0.15, -0.1) is 0 Å². The van der Waals surface area contributed by atoms with Gasteiger partial charge in [-0.1, -0.05) is 35.5 Å². The number of aromatic nitrogens is 5. The molecule has 7 nitrogen and oxygen atoms in total. The fourth-order valence-corrected chi connectivity index (χ4v) is 2.66. The topological polar surface area (TPSA) is 95.7 Å². The van der Waals surface area contributed by atoms with Crippen molar-refractivity contribution in [1.82, 2.24) is 24.9 Å². The lowest BCUT2D eigenvalue weighted by Crippen LogP contribution is -2.04. The van der Waals surface area contributed by atoms with Gasteiger partial charge in [-0.05, 0) is 13.8 Å². The van der Waals surface area contributed by atoms with Crippen LogP contribution >= 0.6 is 0 Å². The van der Waals surface area contributed by atoms with Crippen molar-refractivity contribution in [2.75, 3.05) is 5.73 Å². The van der Waals surface area contributed by atoms with Crippen molar-refractivity contribution < 1.29 is 4.52 Å². The fourth-order valence-electron chi connectivity index (χ4n) is 2.66. The summed E-state index contributed by atoms with van der Waals surface area (Å²) in [5.41, 5.74) is 8.94. The van der Waals surface area contributed by atoms with Crippen LogP contribution in [0, 0.1) is 0 Å². The van der Waals surface area contributed by atoms with Crippen LogP contribution < -0.4 is 5.73 Å². The zero-order valence-corrected chi connectivity index (χ0v) is 13.3. The molecule has 0 bridgehead atoms. The van der Waals surface area contributed by atoms with Crippen LogP contribution in [0.4, 0.5) is 5.82 Å². The molecule has 24 heavy (non-hydrogen) atoms. The number of hydrogen-bond acceptors (Lipinski definition) is 6. The molecule has 0 aliphatic carbocycles. The van der Waals surface area contributed by atoms with Gasteiger partial charge in [0.25, 0.3) is 0 Å². The molecule has 2 N–H and O–H groups in total. The van der Waals surface area contributed by atoms with Crippen molar-refractivity contribution in [3.8, 4) is 22.7 Å². The Morgan fingerprint density at radius 1 is 1.12 bits per heavy atom. The van der Waals surface area contributed by atoms with Crippen molar-refractivity contribution in [3.05, 3.63) is 42.7 Å². The lowest BCUT2D eigenvalue weighted by Gasteiger charge is -2.05. The molecule has 0 radical (unpaired) electrons. The fraction of sp³-hybridized carbons (Fsp3) is 0.176. The van der Waals surface area contributed by atoms with Crippen molar-refractivity contribution in [1.29, 1.82) is 0 Å². The number of nitrogen functional groups attached to an aromatic ring is 1. The van der Waals surface area contributed by atoms with E-state index in [2.05, 4.69) is 20.2 Å². The van der Waals surface area contributed by atoms with Gasteiger partial charge >= 0.3 is 0 Å². The molecular formula is C17H16N6O. The normalized spacial score (nSPS) is 11.5. The predicted octanol–water partition coefficient (Wildman–Crippen LogP) is 3.31. The van der Waals surface area contributed by atoms with Crippen LogP contribution in [0.15, 0.2) is 47.2 Å². The second-order valence-corrected chi connectivity index (χ2v) is 5.79. The zero-order chi connectivity index (χ0) is 16.7. The lowest BCUT2D eigenvalue weighted by atomic mass is 10.1. The number of rotatable bonds is 3. The van der Waals surface area contributed by atoms with E-state index in [4.69, 9.17) is 10.3 Å². The van der Waals surface area contributed by atoms with E-state index in [1.54, 1.807) is 0 Å². The van der Waals surface area contributed by atoms with Crippen LogP contribution in [0.2, 0.25) is 0 Å². The summed E-state index contributed by atoms with van der Waals surface area (Å²) in [6.07, 6.45) is 1.44. The van der Waals surface area contributed by atoms with Gasteiger partial charge in [-0.25, -0.2) is 14.6 Å². The van der Waals surface area contributed by atoms with E-state index in [1.807, 2.05) is 54.9 Å². The van der Waals surface area contributed by atoms with Gasteiger partial charge in [0, 0.05) is 17.7 Å². The van der Waals surface area contributed by atoms with E-state index in [1.165, 1.54) is 6.33 Å². The number of nitrogens with two attached hydrogens (primary N) is 1. The van der Waals surface area contributed by atoms with Crippen molar-refractivity contribution in [2.45, 2.75) is 19.9 Å². The summed E-state index contributed by atoms with van der Waals surface area (Å²) >= 11 is 0. The quantitative estimate of drug-likeness (QED) is 0.622. The second-order valence-electron chi connectivity index (χ2n) is 5.79. The molecule has 7 heteroatoms. The molecule has 120 valence electrons. The van der Waals surface area contributed by atoms with Gasteiger partial charge in [0.15, 0.2) is 11.4 Å². The van der Waals surface area contributed by atoms with Gasteiger partial charge in [0.05, 0.1) is 5.39 Å². The SMILES string of the molecule is CC(C)n1nc(-c2cc(-c3ccccc3)on2)c2c(N)ncnc21. The van der Waals surface area contributed by atoms with Gasteiger partial charge in [-0.2, -0.15) is 5.10 Å². The second kappa shape index (κ2) is 5.45. The highest BCUT2D eigenvalue weighted by atomic mass is 16.5. The Kier molecular flexibility index (Phi) is 3.26. The largest absolute Gasteiger partial charge is 0.383 e. The van der Waals surface area contributed by atoms with Crippen LogP contribution in [0.25, 0.3) is 33.7 Å². The molecule has 0 saturated heterocycles. The van der Waals surface area contributed by atoms with E-state index in [0.29, 0.717) is 34.0 Å². The third-order valence-electron chi connectivity index (χ3n) is 3.82. The third kappa shape index (κ3) is 2.21. The molecule has 0 unspecified atom stereocenters. The highest BCUT2D eigenvalue weighted by molar-refractivity contribution is 5.97. The summed E-state index contributed by atoms with van der Waals surface area (Å²) in [5.74, 6) is 1.06. The summed E-state index contributed by atoms with van der Waals surface area (Å²) in [6, 6.07) is 11.8. The lowest BCUT2D eigenvalue weighted by molar-refractivity contribution is 0.434. The van der Waals surface area contributed by atoms with Crippen molar-refractivity contribution in [2.24, 2.45) is 0 Å². The number of nitrogens with zero attached hydrogens (tertiary/aromatic N) is 5. The Bertz CT molecular complexity index is 1000. The number of benzene rings is 1. The summed E-state index contributed by atoms with van der Waals surface area (Å²) < 4.78 is 7.30. The molecule has 3 aromatic heterocycles. The van der Waals surface area contributed by atoms with E-state index < -0.39 is 0 Å². The maximum atomic E-state index is 6.06. The summed E-state index contributed by atoms with van der Waals surface area (Å²) in [5, 5.41) is 9.50. The van der Waals surface area contributed by atoms with Gasteiger partial charge in [-0.3, -0.25) is 0 Å². The number of fused-ring (bicyclic) bond motifs is 1. The Morgan fingerprint density at radius 2 is 1.92 bits per heavy atom. The Labute approximate surface area is 138 Å². The zero-order valence-electron chi connectivity index (χ0n) is 13.3. The summed E-state index contributed by atoms with van der Waals surface area (Å²) in [4.78, 5) is 8.41. The van der Waals surface area contributed by atoms with Crippen molar-refractivity contribution in [3.63, 3.8) is 0 Å². The van der Waals surface area contributed by atoms with Crippen LogP contribution in [0.1, 0.15) is 19.9 Å². The van der Waals surface area contributed by atoms with Gasteiger partial charge in [0.2, 0.25) is 0 Å². The summed E-state index contributed by atoms with van der Waals surface area (Å²) in [7, 11) is 0. The average Bonchev–Trinajstić information content (AvgIpc) is 3.21. The molecular weight excluding hydrogens is 304 g/mol. The first kappa shape index (κ1) is 14.4. The Hall–Kier alpha value is -3.22. The molecule has 1 aromatic carbocycles. The molecule has 4 rings (SSSR count). The van der Waals surface area contributed by atoms with E-state index in [-0.39, 0.29) is 6.04 Å². The van der Waals surface area contributed by atoms with E-state index in [9.17, 15) is 0 Å². The van der Waals surface area contributed by atoms with Crippen LogP contribution in [-0.4, -0.2) is 24.9 Å². The molecule has 0 amide bonds. The average molecular weight is 320 g/mol. The standard InChI is InChI=1S/C17H16N6O/c1-10(2)23-17-14(16(18)19-9-20-17)15(21-23)12-8-13(24-22-12)11-6-4-3-5-7-11/h3-10H,1-2H3,(H2,18,19,20). The minimum Gasteiger partial charge on any atom is -0.383 e. The maximum Gasteiger partial charge on any atom is 0.167 e. The van der Waals surface area contributed by atoms with Crippen LogP contribution in [0.3, 0.4) is 0 Å². The molecule has 0 aliphatic rings. The Balaban J connectivity index is 1.90. The van der Waals surface area contributed by atoms with E-state index in [0.717, 1.165) is 5.56 Å². The molecule has 0 fully saturated rings. The van der Waals surface area contributed by atoms with Gasteiger partial charge < -0.3 is 10.3 Å². The van der Waals surface area contributed by atoms with Gasteiger partial charge in [0.1, 0.15) is 23.5 Å². The number of hydrogen-bond donors (Lipinski definition) is 1. The first-order valence-corrected chi connectivity index (χ1v) is 7.66. The van der Waals surface area contributed by atoms with Crippen molar-refractivity contribution >= 4 is 16.9 Å².